The Hall–Kier alpha value is -2.81. The van der Waals surface area contributed by atoms with Crippen LogP contribution in [0.15, 0.2) is 36.4 Å². The molecule has 0 radical (unpaired) electrons. The monoisotopic (exact) mass is 474 g/mol. The molecular weight excluding hydrogens is 453 g/mol. The first kappa shape index (κ1) is 23.8. The fourth-order valence-electron chi connectivity index (χ4n) is 3.30. The average molecular weight is 475 g/mol. The van der Waals surface area contributed by atoms with Crippen molar-refractivity contribution < 1.29 is 42.0 Å². The van der Waals surface area contributed by atoms with Crippen LogP contribution in [-0.2, 0) is 11.2 Å². The third-order valence-corrected chi connectivity index (χ3v) is 5.35. The number of carbonyl (C=O) groups is 1. The largest absolute Gasteiger partial charge is 0.573 e. The first-order chi connectivity index (χ1) is 15.1. The second-order valence-corrected chi connectivity index (χ2v) is 7.62. The Morgan fingerprint density at radius 1 is 1.16 bits per heavy atom. The van der Waals surface area contributed by atoms with E-state index in [0.717, 1.165) is 17.7 Å². The summed E-state index contributed by atoms with van der Waals surface area (Å²) < 4.78 is 57.5. The lowest BCUT2D eigenvalue weighted by Crippen LogP contribution is -2.46. The number of aryl methyl sites for hydroxylation is 1. The smallest absolute Gasteiger partial charge is 0.493 e. The highest BCUT2D eigenvalue weighted by Gasteiger charge is 2.42. The Balaban J connectivity index is 1.49. The number of hydrogen-bond donors (Lipinski definition) is 1. The van der Waals surface area contributed by atoms with Crippen LogP contribution in [0.3, 0.4) is 0 Å². The van der Waals surface area contributed by atoms with Crippen molar-refractivity contribution >= 4 is 17.6 Å². The van der Waals surface area contributed by atoms with Crippen LogP contribution >= 0.6 is 11.6 Å². The Morgan fingerprint density at radius 2 is 1.88 bits per heavy atom. The minimum Gasteiger partial charge on any atom is -0.493 e. The molecule has 2 aromatic carbocycles. The summed E-state index contributed by atoms with van der Waals surface area (Å²) in [5.74, 6) is -0.142. The molecule has 1 aliphatic rings. The second kappa shape index (κ2) is 9.77. The molecule has 0 spiro atoms. The number of aliphatic carboxylic acids is 1. The van der Waals surface area contributed by atoms with Gasteiger partial charge in [0.2, 0.25) is 5.60 Å². The highest BCUT2D eigenvalue weighted by molar-refractivity contribution is 6.32. The van der Waals surface area contributed by atoms with Gasteiger partial charge in [0, 0.05) is 25.0 Å². The van der Waals surface area contributed by atoms with E-state index in [9.17, 15) is 23.1 Å². The molecule has 1 aliphatic heterocycles. The van der Waals surface area contributed by atoms with Gasteiger partial charge in [0.25, 0.3) is 0 Å². The van der Waals surface area contributed by atoms with Gasteiger partial charge in [0.1, 0.15) is 23.0 Å². The molecule has 0 aliphatic carbocycles. The van der Waals surface area contributed by atoms with Crippen LogP contribution < -0.4 is 18.9 Å². The van der Waals surface area contributed by atoms with Crippen molar-refractivity contribution in [3.63, 3.8) is 0 Å². The van der Waals surface area contributed by atoms with Crippen LogP contribution in [0, 0.1) is 0 Å². The molecule has 1 atom stereocenters. The van der Waals surface area contributed by atoms with E-state index in [1.165, 1.54) is 6.07 Å². The van der Waals surface area contributed by atoms with Crippen molar-refractivity contribution in [2.45, 2.75) is 44.6 Å². The summed E-state index contributed by atoms with van der Waals surface area (Å²) in [6.07, 6.45) is -2.94. The molecule has 0 saturated heterocycles. The van der Waals surface area contributed by atoms with Crippen molar-refractivity contribution in [2.24, 2.45) is 0 Å². The molecule has 6 nitrogen and oxygen atoms in total. The molecule has 0 aromatic heterocycles. The van der Waals surface area contributed by atoms with E-state index < -0.39 is 23.7 Å². The first-order valence-electron chi connectivity index (χ1n) is 9.98. The van der Waals surface area contributed by atoms with Gasteiger partial charge >= 0.3 is 12.3 Å². The molecule has 174 valence electrons. The molecule has 0 fully saturated rings. The molecule has 1 unspecified atom stereocenters. The Bertz CT molecular complexity index is 965. The number of fused-ring (bicyclic) bond motifs is 1. The maximum atomic E-state index is 12.2. The zero-order valence-corrected chi connectivity index (χ0v) is 18.0. The standard InChI is InChI=1S/C22H22ClF3O6/c1-2-21(20(27)28)9-8-14-4-5-15(13-19(14)32-21)29-10-3-11-30-18-7-6-16(12-17(18)23)31-22(24,25)26/h4-7,12-13H,2-3,8-11H2,1H3,(H,27,28). The first-order valence-corrected chi connectivity index (χ1v) is 10.4. The highest BCUT2D eigenvalue weighted by Crippen LogP contribution is 2.37. The van der Waals surface area contributed by atoms with E-state index in [2.05, 4.69) is 4.74 Å². The van der Waals surface area contributed by atoms with Gasteiger partial charge in [0.05, 0.1) is 18.2 Å². The number of rotatable bonds is 9. The Morgan fingerprint density at radius 3 is 2.53 bits per heavy atom. The minimum atomic E-state index is -4.80. The number of carboxylic acids is 1. The van der Waals surface area contributed by atoms with E-state index >= 15 is 0 Å². The van der Waals surface area contributed by atoms with Gasteiger partial charge < -0.3 is 24.1 Å². The number of hydrogen-bond acceptors (Lipinski definition) is 5. The SMILES string of the molecule is CCC1(C(=O)O)CCc2ccc(OCCCOc3ccc(OC(F)(F)F)cc3Cl)cc2O1. The van der Waals surface area contributed by atoms with Crippen LogP contribution in [0.1, 0.15) is 31.7 Å². The van der Waals surface area contributed by atoms with Crippen LogP contribution in [0.5, 0.6) is 23.0 Å². The normalized spacial score (nSPS) is 17.8. The summed E-state index contributed by atoms with van der Waals surface area (Å²) in [5.41, 5.74) is -0.294. The van der Waals surface area contributed by atoms with E-state index in [4.69, 9.17) is 25.8 Å². The summed E-state index contributed by atoms with van der Waals surface area (Å²) >= 11 is 5.93. The molecule has 32 heavy (non-hydrogen) atoms. The van der Waals surface area contributed by atoms with Gasteiger partial charge in [-0.15, -0.1) is 13.2 Å². The summed E-state index contributed by atoms with van der Waals surface area (Å²) in [4.78, 5) is 11.6. The van der Waals surface area contributed by atoms with Crippen LogP contribution in [0.25, 0.3) is 0 Å². The molecule has 3 rings (SSSR count). The molecule has 10 heteroatoms. The number of alkyl halides is 3. The van der Waals surface area contributed by atoms with E-state index in [1.807, 2.05) is 6.07 Å². The van der Waals surface area contributed by atoms with Crippen molar-refractivity contribution in [3.8, 4) is 23.0 Å². The lowest BCUT2D eigenvalue weighted by atomic mass is 9.89. The van der Waals surface area contributed by atoms with Crippen molar-refractivity contribution in [1.29, 1.82) is 0 Å². The summed E-state index contributed by atoms with van der Waals surface area (Å²) in [5, 5.41) is 9.52. The average Bonchev–Trinajstić information content (AvgIpc) is 2.73. The lowest BCUT2D eigenvalue weighted by Gasteiger charge is -2.34. The van der Waals surface area contributed by atoms with Crippen LogP contribution in [-0.4, -0.2) is 36.3 Å². The quantitative estimate of drug-likeness (QED) is 0.474. The molecule has 1 heterocycles. The summed E-state index contributed by atoms with van der Waals surface area (Å²) in [7, 11) is 0. The van der Waals surface area contributed by atoms with Crippen molar-refractivity contribution in [1.82, 2.24) is 0 Å². The predicted octanol–water partition coefficient (Wildman–Crippen LogP) is 5.64. The topological polar surface area (TPSA) is 74.2 Å². The molecule has 2 aromatic rings. The number of halogens is 4. The number of ether oxygens (including phenoxy) is 4. The van der Waals surface area contributed by atoms with Crippen molar-refractivity contribution in [3.05, 3.63) is 47.0 Å². The second-order valence-electron chi connectivity index (χ2n) is 7.22. The molecular formula is C22H22ClF3O6. The fraction of sp³-hybridized carbons (Fsp3) is 0.409. The number of carboxylic acid groups (broad SMARTS) is 1. The van der Waals surface area contributed by atoms with Gasteiger partial charge in [0.15, 0.2) is 0 Å². The maximum absolute atomic E-state index is 12.2. The molecule has 0 saturated carbocycles. The third-order valence-electron chi connectivity index (χ3n) is 5.05. The minimum absolute atomic E-state index is 0.00246. The van der Waals surface area contributed by atoms with Crippen LogP contribution in [0.4, 0.5) is 13.2 Å². The van der Waals surface area contributed by atoms with Gasteiger partial charge in [-0.2, -0.15) is 0 Å². The van der Waals surface area contributed by atoms with E-state index in [1.54, 1.807) is 19.1 Å². The maximum Gasteiger partial charge on any atom is 0.573 e. The van der Waals surface area contributed by atoms with Crippen molar-refractivity contribution in [2.75, 3.05) is 13.2 Å². The van der Waals surface area contributed by atoms with Gasteiger partial charge in [-0.3, -0.25) is 0 Å². The van der Waals surface area contributed by atoms with E-state index in [-0.39, 0.29) is 17.4 Å². The number of benzene rings is 2. The highest BCUT2D eigenvalue weighted by atomic mass is 35.5. The predicted molar refractivity (Wildman–Crippen MR) is 110 cm³/mol. The summed E-state index contributed by atoms with van der Waals surface area (Å²) in [6, 6.07) is 8.77. The Labute approximate surface area is 187 Å². The lowest BCUT2D eigenvalue weighted by molar-refractivity contribution is -0.274. The molecule has 0 bridgehead atoms. The third kappa shape index (κ3) is 5.91. The molecule has 0 amide bonds. The van der Waals surface area contributed by atoms with E-state index in [0.29, 0.717) is 43.8 Å². The zero-order chi connectivity index (χ0) is 23.4. The van der Waals surface area contributed by atoms with Gasteiger partial charge in [-0.25, -0.2) is 4.79 Å². The van der Waals surface area contributed by atoms with Crippen LogP contribution in [0.2, 0.25) is 5.02 Å². The molecule has 1 N–H and O–H groups in total. The van der Waals surface area contributed by atoms with Gasteiger partial charge in [-0.1, -0.05) is 24.6 Å². The zero-order valence-electron chi connectivity index (χ0n) is 17.2. The fourth-order valence-corrected chi connectivity index (χ4v) is 3.53. The Kier molecular flexibility index (Phi) is 7.28. The van der Waals surface area contributed by atoms with Gasteiger partial charge in [-0.05, 0) is 36.6 Å². The summed E-state index contributed by atoms with van der Waals surface area (Å²) in [6.45, 7) is 2.30.